The van der Waals surface area contributed by atoms with Crippen LogP contribution in [0.15, 0.2) is 59.4 Å². The fourth-order valence-corrected chi connectivity index (χ4v) is 5.27. The van der Waals surface area contributed by atoms with Gasteiger partial charge in [0.2, 0.25) is 0 Å². The molecule has 0 bridgehead atoms. The molecule has 2 aromatic heterocycles. The summed E-state index contributed by atoms with van der Waals surface area (Å²) in [6, 6.07) is 17.7. The summed E-state index contributed by atoms with van der Waals surface area (Å²) in [4.78, 5) is 22.2. The van der Waals surface area contributed by atoms with E-state index in [1.165, 1.54) is 10.4 Å². The largest absolute Gasteiger partial charge is 0.334 e. The fraction of sp³-hybridized carbons (Fsp3) is 0.182. The third kappa shape index (κ3) is 3.33. The Morgan fingerprint density at radius 3 is 2.62 bits per heavy atom. The number of aromatic nitrogens is 2. The topological polar surface area (TPSA) is 64.2 Å². The van der Waals surface area contributed by atoms with Crippen molar-refractivity contribution in [3.8, 4) is 11.4 Å². The summed E-state index contributed by atoms with van der Waals surface area (Å²) in [5.41, 5.74) is 2.99. The van der Waals surface area contributed by atoms with Gasteiger partial charge in [-0.25, -0.2) is 9.66 Å². The standard InChI is InChI=1S/C22H19ClN4OS/c23-16-8-6-15(7-9-16)20-25-21-19(22(28)27(20)24)17-10-11-26(13-18(17)29-21)12-14-4-2-1-3-5-14/h1-9H,10-13,24H2. The van der Waals surface area contributed by atoms with E-state index in [4.69, 9.17) is 22.4 Å². The van der Waals surface area contributed by atoms with Crippen LogP contribution in [0.3, 0.4) is 0 Å². The van der Waals surface area contributed by atoms with E-state index in [-0.39, 0.29) is 5.56 Å². The molecule has 3 heterocycles. The Balaban J connectivity index is 1.53. The first kappa shape index (κ1) is 18.4. The van der Waals surface area contributed by atoms with Gasteiger partial charge in [-0.3, -0.25) is 9.69 Å². The van der Waals surface area contributed by atoms with Crippen molar-refractivity contribution in [2.45, 2.75) is 19.5 Å². The fourth-order valence-electron chi connectivity index (χ4n) is 3.89. The molecule has 0 radical (unpaired) electrons. The molecule has 0 aliphatic carbocycles. The molecule has 0 saturated heterocycles. The molecular formula is C22H19ClN4OS. The van der Waals surface area contributed by atoms with E-state index in [1.807, 2.05) is 18.2 Å². The first-order chi connectivity index (χ1) is 14.1. The molecule has 1 aliphatic rings. The SMILES string of the molecule is Nn1c(-c2ccc(Cl)cc2)nc2sc3c(c2c1=O)CCN(Cc1ccccc1)C3. The van der Waals surface area contributed by atoms with Gasteiger partial charge in [-0.05, 0) is 41.8 Å². The zero-order valence-electron chi connectivity index (χ0n) is 15.6. The monoisotopic (exact) mass is 422 g/mol. The molecule has 146 valence electrons. The highest BCUT2D eigenvalue weighted by atomic mass is 35.5. The first-order valence-electron chi connectivity index (χ1n) is 9.45. The number of hydrogen-bond acceptors (Lipinski definition) is 5. The quantitative estimate of drug-likeness (QED) is 0.506. The van der Waals surface area contributed by atoms with E-state index in [2.05, 4.69) is 29.2 Å². The summed E-state index contributed by atoms with van der Waals surface area (Å²) in [6.07, 6.45) is 0.833. The van der Waals surface area contributed by atoms with Gasteiger partial charge < -0.3 is 5.84 Å². The zero-order valence-corrected chi connectivity index (χ0v) is 17.2. The molecule has 29 heavy (non-hydrogen) atoms. The smallest absolute Gasteiger partial charge is 0.281 e. The van der Waals surface area contributed by atoms with Crippen LogP contribution in [0.2, 0.25) is 5.02 Å². The average molecular weight is 423 g/mol. The second-order valence-corrected chi connectivity index (χ2v) is 8.77. The molecule has 1 aliphatic heterocycles. The lowest BCUT2D eigenvalue weighted by atomic mass is 10.0. The van der Waals surface area contributed by atoms with Gasteiger partial charge in [0.25, 0.3) is 5.56 Å². The van der Waals surface area contributed by atoms with E-state index in [0.29, 0.717) is 16.2 Å². The number of halogens is 1. The van der Waals surface area contributed by atoms with Gasteiger partial charge >= 0.3 is 0 Å². The highest BCUT2D eigenvalue weighted by molar-refractivity contribution is 7.18. The Morgan fingerprint density at radius 1 is 1.10 bits per heavy atom. The van der Waals surface area contributed by atoms with Crippen LogP contribution >= 0.6 is 22.9 Å². The van der Waals surface area contributed by atoms with Gasteiger partial charge in [-0.2, -0.15) is 0 Å². The summed E-state index contributed by atoms with van der Waals surface area (Å²) >= 11 is 7.58. The number of thiophene rings is 1. The van der Waals surface area contributed by atoms with Crippen LogP contribution in [0.1, 0.15) is 16.0 Å². The van der Waals surface area contributed by atoms with Gasteiger partial charge in [-0.1, -0.05) is 41.9 Å². The van der Waals surface area contributed by atoms with E-state index >= 15 is 0 Å². The normalized spacial score (nSPS) is 14.2. The number of benzene rings is 2. The second kappa shape index (κ2) is 7.30. The summed E-state index contributed by atoms with van der Waals surface area (Å²) in [7, 11) is 0. The highest BCUT2D eigenvalue weighted by Gasteiger charge is 2.25. The zero-order chi connectivity index (χ0) is 20.0. The second-order valence-electron chi connectivity index (χ2n) is 7.25. The van der Waals surface area contributed by atoms with Crippen LogP contribution in [0, 0.1) is 0 Å². The molecule has 0 unspecified atom stereocenters. The van der Waals surface area contributed by atoms with Crippen molar-refractivity contribution in [2.75, 3.05) is 12.4 Å². The van der Waals surface area contributed by atoms with Crippen molar-refractivity contribution >= 4 is 33.2 Å². The molecule has 0 atom stereocenters. The third-order valence-electron chi connectivity index (χ3n) is 5.34. The Kier molecular flexibility index (Phi) is 4.62. The molecule has 0 amide bonds. The van der Waals surface area contributed by atoms with E-state index in [1.54, 1.807) is 23.5 Å². The lowest BCUT2D eigenvalue weighted by Gasteiger charge is -2.26. The number of rotatable bonds is 3. The number of nitrogen functional groups attached to an aromatic ring is 1. The van der Waals surface area contributed by atoms with Crippen LogP contribution in [0.4, 0.5) is 0 Å². The molecular weight excluding hydrogens is 404 g/mol. The average Bonchev–Trinajstić information content (AvgIpc) is 3.10. The molecule has 0 spiro atoms. The summed E-state index contributed by atoms with van der Waals surface area (Å²) in [5.74, 6) is 6.60. The number of fused-ring (bicyclic) bond motifs is 3. The maximum absolute atomic E-state index is 13.1. The van der Waals surface area contributed by atoms with Crippen LogP contribution in [-0.4, -0.2) is 21.1 Å². The van der Waals surface area contributed by atoms with E-state index < -0.39 is 0 Å². The number of nitrogens with two attached hydrogens (primary N) is 1. The molecule has 5 nitrogen and oxygen atoms in total. The van der Waals surface area contributed by atoms with Crippen molar-refractivity contribution in [1.29, 1.82) is 0 Å². The predicted molar refractivity (Wildman–Crippen MR) is 119 cm³/mol. The van der Waals surface area contributed by atoms with Gasteiger partial charge in [0, 0.05) is 35.1 Å². The first-order valence-corrected chi connectivity index (χ1v) is 10.6. The van der Waals surface area contributed by atoms with Gasteiger partial charge in [0.05, 0.1) is 5.39 Å². The van der Waals surface area contributed by atoms with Gasteiger partial charge in [0.15, 0.2) is 5.82 Å². The van der Waals surface area contributed by atoms with E-state index in [9.17, 15) is 4.79 Å². The molecule has 2 aromatic carbocycles. The molecule has 0 fully saturated rings. The lowest BCUT2D eigenvalue weighted by Crippen LogP contribution is -2.32. The number of hydrogen-bond donors (Lipinski definition) is 1. The van der Waals surface area contributed by atoms with Crippen LogP contribution in [0.25, 0.3) is 21.6 Å². The summed E-state index contributed by atoms with van der Waals surface area (Å²) < 4.78 is 1.16. The van der Waals surface area contributed by atoms with Crippen molar-refractivity contribution in [2.24, 2.45) is 0 Å². The molecule has 5 rings (SSSR count). The minimum absolute atomic E-state index is 0.186. The Hall–Kier alpha value is -2.67. The highest BCUT2D eigenvalue weighted by Crippen LogP contribution is 2.34. The molecule has 4 aromatic rings. The molecule has 0 saturated carbocycles. The Morgan fingerprint density at radius 2 is 1.86 bits per heavy atom. The summed E-state index contributed by atoms with van der Waals surface area (Å²) in [6.45, 7) is 2.64. The van der Waals surface area contributed by atoms with Gasteiger partial charge in [0.1, 0.15) is 4.83 Å². The maximum Gasteiger partial charge on any atom is 0.281 e. The van der Waals surface area contributed by atoms with Crippen LogP contribution in [0.5, 0.6) is 0 Å². The van der Waals surface area contributed by atoms with Crippen LogP contribution < -0.4 is 11.4 Å². The van der Waals surface area contributed by atoms with Crippen molar-refractivity contribution < 1.29 is 0 Å². The minimum Gasteiger partial charge on any atom is -0.334 e. The molecule has 7 heteroatoms. The molecule has 2 N–H and O–H groups in total. The predicted octanol–water partition coefficient (Wildman–Crippen LogP) is 4.05. The summed E-state index contributed by atoms with van der Waals surface area (Å²) in [5, 5.41) is 1.30. The Bertz CT molecular complexity index is 1250. The Labute approximate surface area is 177 Å². The third-order valence-corrected chi connectivity index (χ3v) is 6.70. The van der Waals surface area contributed by atoms with Crippen molar-refractivity contribution in [1.82, 2.24) is 14.6 Å². The maximum atomic E-state index is 13.1. The van der Waals surface area contributed by atoms with Gasteiger partial charge in [-0.15, -0.1) is 11.3 Å². The van der Waals surface area contributed by atoms with Crippen molar-refractivity contribution in [3.05, 3.63) is 86.0 Å². The van der Waals surface area contributed by atoms with Crippen molar-refractivity contribution in [3.63, 3.8) is 0 Å². The lowest BCUT2D eigenvalue weighted by molar-refractivity contribution is 0.249. The van der Waals surface area contributed by atoms with E-state index in [0.717, 1.165) is 46.7 Å². The number of nitrogens with zero attached hydrogens (tertiary/aromatic N) is 3. The minimum atomic E-state index is -0.186. The van der Waals surface area contributed by atoms with Crippen LogP contribution in [-0.2, 0) is 19.5 Å².